The SMILES string of the molecule is O=C(C[C@@H]1C[C@H]2c3cc(NC(=O)NC4CCCC4)ccc3O[C@H]2[C@H](CO)O1)NCc1ccccn1. The summed E-state index contributed by atoms with van der Waals surface area (Å²) in [7, 11) is 0. The van der Waals surface area contributed by atoms with E-state index in [1.807, 2.05) is 36.4 Å². The van der Waals surface area contributed by atoms with E-state index in [-0.39, 0.29) is 49.1 Å². The van der Waals surface area contributed by atoms with Crippen molar-refractivity contribution in [2.24, 2.45) is 0 Å². The Morgan fingerprint density at radius 3 is 2.77 bits per heavy atom. The quantitative estimate of drug-likeness (QED) is 0.484. The molecule has 1 saturated heterocycles. The van der Waals surface area contributed by atoms with Crippen LogP contribution in [-0.4, -0.2) is 53.0 Å². The van der Waals surface area contributed by atoms with Crippen LogP contribution in [0.4, 0.5) is 10.5 Å². The van der Waals surface area contributed by atoms with Gasteiger partial charge in [0.1, 0.15) is 18.0 Å². The topological polar surface area (TPSA) is 122 Å². The first-order chi connectivity index (χ1) is 17.1. The monoisotopic (exact) mass is 480 g/mol. The van der Waals surface area contributed by atoms with Crippen molar-refractivity contribution >= 4 is 17.6 Å². The van der Waals surface area contributed by atoms with Crippen LogP contribution in [0.2, 0.25) is 0 Å². The molecule has 186 valence electrons. The Kier molecular flexibility index (Phi) is 7.15. The Morgan fingerprint density at radius 1 is 1.14 bits per heavy atom. The van der Waals surface area contributed by atoms with E-state index >= 15 is 0 Å². The molecule has 3 heterocycles. The van der Waals surface area contributed by atoms with Crippen molar-refractivity contribution in [2.45, 2.75) is 75.3 Å². The molecule has 1 aliphatic carbocycles. The molecular formula is C26H32N4O5. The van der Waals surface area contributed by atoms with E-state index in [0.29, 0.717) is 18.7 Å². The summed E-state index contributed by atoms with van der Waals surface area (Å²) in [6.45, 7) is 0.155. The normalized spacial score (nSPS) is 25.3. The van der Waals surface area contributed by atoms with Crippen LogP contribution in [-0.2, 0) is 16.1 Å². The number of aliphatic hydroxyl groups is 1. The molecule has 1 saturated carbocycles. The standard InChI is InChI=1S/C26H32N4O5/c31-15-23-25-21(12-19(34-23)13-24(32)28-14-18-7-3-4-10-27-18)20-11-17(8-9-22(20)35-25)30-26(33)29-16-5-1-2-6-16/h3-4,7-11,16,19,21,23,25,31H,1-2,5-6,12-15H2,(H,28,32)(H2,29,30,33)/t19-,21-,23-,25+/m0/s1. The number of anilines is 1. The zero-order valence-corrected chi connectivity index (χ0v) is 19.6. The van der Waals surface area contributed by atoms with E-state index in [1.54, 1.807) is 6.20 Å². The summed E-state index contributed by atoms with van der Waals surface area (Å²) in [4.78, 5) is 29.2. The number of urea groups is 1. The molecule has 1 aromatic heterocycles. The average Bonchev–Trinajstić information content (AvgIpc) is 3.50. The zero-order valence-electron chi connectivity index (χ0n) is 19.6. The molecule has 9 heteroatoms. The first-order valence-corrected chi connectivity index (χ1v) is 12.4. The number of ether oxygens (including phenoxy) is 2. The number of aliphatic hydroxyl groups excluding tert-OH is 1. The molecule has 2 aliphatic heterocycles. The number of hydrogen-bond donors (Lipinski definition) is 4. The van der Waals surface area contributed by atoms with Crippen LogP contribution in [0, 0.1) is 0 Å². The molecule has 0 spiro atoms. The number of benzene rings is 1. The van der Waals surface area contributed by atoms with Gasteiger partial charge >= 0.3 is 6.03 Å². The van der Waals surface area contributed by atoms with E-state index in [9.17, 15) is 14.7 Å². The Morgan fingerprint density at radius 2 is 2.00 bits per heavy atom. The highest BCUT2D eigenvalue weighted by molar-refractivity contribution is 5.89. The summed E-state index contributed by atoms with van der Waals surface area (Å²) >= 11 is 0. The molecule has 0 radical (unpaired) electrons. The van der Waals surface area contributed by atoms with Crippen molar-refractivity contribution in [3.05, 3.63) is 53.9 Å². The second-order valence-corrected chi connectivity index (χ2v) is 9.54. The number of amides is 3. The number of nitrogens with zero attached hydrogens (tertiary/aromatic N) is 1. The number of carbonyl (C=O) groups excluding carboxylic acids is 2. The maximum atomic E-state index is 12.6. The highest BCUT2D eigenvalue weighted by Gasteiger charge is 2.46. The Hall–Kier alpha value is -3.17. The van der Waals surface area contributed by atoms with Crippen LogP contribution in [0.15, 0.2) is 42.6 Å². The summed E-state index contributed by atoms with van der Waals surface area (Å²) in [5, 5.41) is 18.8. The van der Waals surface area contributed by atoms with Gasteiger partial charge in [0.15, 0.2) is 0 Å². The molecule has 2 aromatic rings. The molecule has 3 amide bonds. The van der Waals surface area contributed by atoms with Crippen LogP contribution >= 0.6 is 0 Å². The van der Waals surface area contributed by atoms with Gasteiger partial charge in [0.05, 0.1) is 31.4 Å². The lowest BCUT2D eigenvalue weighted by molar-refractivity contribution is -0.142. The maximum Gasteiger partial charge on any atom is 0.319 e. The smallest absolute Gasteiger partial charge is 0.319 e. The molecule has 4 atom stereocenters. The summed E-state index contributed by atoms with van der Waals surface area (Å²) < 4.78 is 12.2. The van der Waals surface area contributed by atoms with Crippen LogP contribution < -0.4 is 20.7 Å². The van der Waals surface area contributed by atoms with Crippen molar-refractivity contribution in [1.29, 1.82) is 0 Å². The van der Waals surface area contributed by atoms with Crippen LogP contribution in [0.3, 0.4) is 0 Å². The van der Waals surface area contributed by atoms with Crippen LogP contribution in [0.25, 0.3) is 0 Å². The van der Waals surface area contributed by atoms with Crippen molar-refractivity contribution in [2.75, 3.05) is 11.9 Å². The third-order valence-corrected chi connectivity index (χ3v) is 7.05. The number of aromatic nitrogens is 1. The van der Waals surface area contributed by atoms with Crippen LogP contribution in [0.5, 0.6) is 5.75 Å². The molecule has 35 heavy (non-hydrogen) atoms. The zero-order chi connectivity index (χ0) is 24.2. The number of rotatable bonds is 7. The van der Waals surface area contributed by atoms with Gasteiger partial charge in [0.2, 0.25) is 5.91 Å². The summed E-state index contributed by atoms with van der Waals surface area (Å²) in [6.07, 6.45) is 5.60. The van der Waals surface area contributed by atoms with Gasteiger partial charge in [-0.1, -0.05) is 18.9 Å². The van der Waals surface area contributed by atoms with E-state index in [0.717, 1.165) is 42.7 Å². The van der Waals surface area contributed by atoms with Crippen molar-refractivity contribution in [1.82, 2.24) is 15.6 Å². The number of pyridine rings is 1. The van der Waals surface area contributed by atoms with E-state index in [1.165, 1.54) is 0 Å². The van der Waals surface area contributed by atoms with Crippen LogP contribution in [0.1, 0.15) is 55.7 Å². The highest BCUT2D eigenvalue weighted by atomic mass is 16.6. The summed E-state index contributed by atoms with van der Waals surface area (Å²) in [5.74, 6) is 0.558. The lowest BCUT2D eigenvalue weighted by Gasteiger charge is -2.37. The molecule has 9 nitrogen and oxygen atoms in total. The Labute approximate surface area is 204 Å². The van der Waals surface area contributed by atoms with Gasteiger partial charge in [-0.2, -0.15) is 0 Å². The third-order valence-electron chi connectivity index (χ3n) is 7.05. The molecule has 1 aromatic carbocycles. The highest BCUT2D eigenvalue weighted by Crippen LogP contribution is 2.47. The van der Waals surface area contributed by atoms with Gasteiger partial charge in [-0.05, 0) is 49.6 Å². The van der Waals surface area contributed by atoms with Crippen molar-refractivity contribution in [3.8, 4) is 5.75 Å². The predicted molar refractivity (Wildman–Crippen MR) is 129 cm³/mol. The largest absolute Gasteiger partial charge is 0.487 e. The van der Waals surface area contributed by atoms with E-state index in [4.69, 9.17) is 9.47 Å². The second kappa shape index (κ2) is 10.6. The van der Waals surface area contributed by atoms with Gasteiger partial charge in [0, 0.05) is 29.4 Å². The van der Waals surface area contributed by atoms with Gasteiger partial charge < -0.3 is 30.5 Å². The molecule has 0 bridgehead atoms. The second-order valence-electron chi connectivity index (χ2n) is 9.54. The minimum absolute atomic E-state index is 0.0378. The fourth-order valence-electron chi connectivity index (χ4n) is 5.36. The first kappa shape index (κ1) is 23.6. The van der Waals surface area contributed by atoms with Gasteiger partial charge in [-0.3, -0.25) is 9.78 Å². The minimum atomic E-state index is -0.531. The third kappa shape index (κ3) is 5.57. The summed E-state index contributed by atoms with van der Waals surface area (Å²) in [5.41, 5.74) is 2.45. The van der Waals surface area contributed by atoms with Crippen molar-refractivity contribution in [3.63, 3.8) is 0 Å². The lowest BCUT2D eigenvalue weighted by Crippen LogP contribution is -2.47. The minimum Gasteiger partial charge on any atom is -0.487 e. The number of carbonyl (C=O) groups is 2. The number of hydrogen-bond acceptors (Lipinski definition) is 6. The van der Waals surface area contributed by atoms with Gasteiger partial charge in [0.25, 0.3) is 0 Å². The molecular weight excluding hydrogens is 448 g/mol. The van der Waals surface area contributed by atoms with Crippen molar-refractivity contribution < 1.29 is 24.2 Å². The molecule has 0 unspecified atom stereocenters. The Bertz CT molecular complexity index is 1040. The fraction of sp³-hybridized carbons (Fsp3) is 0.500. The lowest BCUT2D eigenvalue weighted by atomic mass is 9.84. The average molecular weight is 481 g/mol. The molecule has 2 fully saturated rings. The molecule has 3 aliphatic rings. The first-order valence-electron chi connectivity index (χ1n) is 12.4. The molecule has 4 N–H and O–H groups in total. The van der Waals surface area contributed by atoms with E-state index < -0.39 is 6.10 Å². The van der Waals surface area contributed by atoms with E-state index in [2.05, 4.69) is 20.9 Å². The maximum absolute atomic E-state index is 12.6. The molecule has 5 rings (SSSR count). The van der Waals surface area contributed by atoms with Gasteiger partial charge in [-0.15, -0.1) is 0 Å². The Balaban J connectivity index is 1.22. The predicted octanol–water partition coefficient (Wildman–Crippen LogP) is 2.85. The fourth-order valence-corrected chi connectivity index (χ4v) is 5.36. The number of fused-ring (bicyclic) bond motifs is 3. The van der Waals surface area contributed by atoms with Gasteiger partial charge in [-0.25, -0.2) is 4.79 Å². The number of nitrogens with one attached hydrogen (secondary N) is 3. The summed E-state index contributed by atoms with van der Waals surface area (Å²) in [6, 6.07) is 11.2.